The van der Waals surface area contributed by atoms with Crippen molar-refractivity contribution in [1.82, 2.24) is 9.55 Å². The molecule has 1 N–H and O–H groups in total. The molecule has 0 spiro atoms. The van der Waals surface area contributed by atoms with Gasteiger partial charge in [0.2, 0.25) is 5.95 Å². The molecule has 0 aliphatic heterocycles. The van der Waals surface area contributed by atoms with E-state index in [-0.39, 0.29) is 5.82 Å². The monoisotopic (exact) mass is 273 g/mol. The van der Waals surface area contributed by atoms with Crippen LogP contribution < -0.4 is 5.32 Å². The fraction of sp³-hybridized carbons (Fsp3) is 0.438. The van der Waals surface area contributed by atoms with Gasteiger partial charge in [-0.3, -0.25) is 0 Å². The second kappa shape index (κ2) is 5.27. The molecule has 1 aliphatic rings. The summed E-state index contributed by atoms with van der Waals surface area (Å²) in [4.78, 5) is 4.51. The Bertz CT molecular complexity index is 612. The number of aryl methyl sites for hydroxylation is 2. The van der Waals surface area contributed by atoms with Gasteiger partial charge < -0.3 is 9.88 Å². The average Bonchev–Trinajstić information content (AvgIpc) is 3.03. The second-order valence-corrected chi connectivity index (χ2v) is 5.66. The number of rotatable bonds is 3. The van der Waals surface area contributed by atoms with Crippen LogP contribution in [-0.4, -0.2) is 9.55 Å². The van der Waals surface area contributed by atoms with Crippen molar-refractivity contribution in [2.45, 2.75) is 45.6 Å². The number of benzene rings is 1. The Balaban J connectivity index is 1.92. The van der Waals surface area contributed by atoms with E-state index in [1.165, 1.54) is 31.7 Å². The first kappa shape index (κ1) is 13.2. The van der Waals surface area contributed by atoms with Gasteiger partial charge in [0.25, 0.3) is 0 Å². The molecule has 0 atom stereocenters. The van der Waals surface area contributed by atoms with Gasteiger partial charge in [-0.1, -0.05) is 18.9 Å². The van der Waals surface area contributed by atoms with Gasteiger partial charge in [0, 0.05) is 12.2 Å². The van der Waals surface area contributed by atoms with Crippen LogP contribution in [0.3, 0.4) is 0 Å². The predicted octanol–water partition coefficient (Wildman–Crippen LogP) is 4.50. The van der Waals surface area contributed by atoms with E-state index in [4.69, 9.17) is 0 Å². The van der Waals surface area contributed by atoms with E-state index in [2.05, 4.69) is 21.1 Å². The first-order chi connectivity index (χ1) is 9.63. The van der Waals surface area contributed by atoms with E-state index in [9.17, 15) is 4.39 Å². The lowest BCUT2D eigenvalue weighted by Crippen LogP contribution is -2.08. The number of halogens is 1. The number of hydrogen-bond donors (Lipinski definition) is 1. The van der Waals surface area contributed by atoms with Crippen molar-refractivity contribution in [1.29, 1.82) is 0 Å². The quantitative estimate of drug-likeness (QED) is 0.892. The summed E-state index contributed by atoms with van der Waals surface area (Å²) in [6, 6.07) is 5.58. The summed E-state index contributed by atoms with van der Waals surface area (Å²) >= 11 is 0. The molecule has 3 rings (SSSR count). The maximum Gasteiger partial charge on any atom is 0.207 e. The lowest BCUT2D eigenvalue weighted by Gasteiger charge is -2.16. The topological polar surface area (TPSA) is 29.9 Å². The molecule has 2 aromatic rings. The molecule has 1 fully saturated rings. The summed E-state index contributed by atoms with van der Waals surface area (Å²) < 4.78 is 16.0. The van der Waals surface area contributed by atoms with Crippen LogP contribution in [0, 0.1) is 19.7 Å². The average molecular weight is 273 g/mol. The van der Waals surface area contributed by atoms with E-state index in [1.807, 2.05) is 19.9 Å². The van der Waals surface area contributed by atoms with Gasteiger partial charge in [-0.2, -0.15) is 0 Å². The Labute approximate surface area is 118 Å². The highest BCUT2D eigenvalue weighted by Gasteiger charge is 2.20. The zero-order valence-corrected chi connectivity index (χ0v) is 12.0. The van der Waals surface area contributed by atoms with Gasteiger partial charge in [-0.25, -0.2) is 9.37 Å². The highest BCUT2D eigenvalue weighted by molar-refractivity contribution is 5.56. The molecule has 1 heterocycles. The van der Waals surface area contributed by atoms with Crippen molar-refractivity contribution >= 4 is 11.6 Å². The minimum atomic E-state index is -0.241. The maximum atomic E-state index is 13.9. The molecule has 4 heteroatoms. The summed E-state index contributed by atoms with van der Waals surface area (Å²) in [6.07, 6.45) is 6.95. The van der Waals surface area contributed by atoms with Crippen molar-refractivity contribution in [3.63, 3.8) is 0 Å². The fourth-order valence-electron chi connectivity index (χ4n) is 2.92. The third-order valence-electron chi connectivity index (χ3n) is 3.94. The van der Waals surface area contributed by atoms with Gasteiger partial charge >= 0.3 is 0 Å². The minimum Gasteiger partial charge on any atom is -0.323 e. The molecule has 0 saturated heterocycles. The molecule has 3 nitrogen and oxygen atoms in total. The molecule has 0 radical (unpaired) electrons. The molecule has 106 valence electrons. The van der Waals surface area contributed by atoms with Crippen LogP contribution >= 0.6 is 0 Å². The first-order valence-electron chi connectivity index (χ1n) is 7.22. The summed E-state index contributed by atoms with van der Waals surface area (Å²) in [5.41, 5.74) is 2.49. The van der Waals surface area contributed by atoms with E-state index >= 15 is 0 Å². The highest BCUT2D eigenvalue weighted by atomic mass is 19.1. The molecule has 0 unspecified atom stereocenters. The standard InChI is InChI=1S/C16H20FN3/c1-11-7-8-14(17)15(9-11)19-16-18-12(2)10-20(16)13-5-3-4-6-13/h7-10,13H,3-6H2,1-2H3,(H,18,19). The smallest absolute Gasteiger partial charge is 0.207 e. The first-order valence-corrected chi connectivity index (χ1v) is 7.22. The zero-order valence-electron chi connectivity index (χ0n) is 12.0. The van der Waals surface area contributed by atoms with E-state index in [0.29, 0.717) is 11.7 Å². The molecule has 0 bridgehead atoms. The number of hydrogen-bond acceptors (Lipinski definition) is 2. The Morgan fingerprint density at radius 3 is 2.75 bits per heavy atom. The van der Waals surface area contributed by atoms with Crippen molar-refractivity contribution in [3.05, 3.63) is 41.5 Å². The van der Waals surface area contributed by atoms with Gasteiger partial charge in [-0.15, -0.1) is 0 Å². The van der Waals surface area contributed by atoms with E-state index in [1.54, 1.807) is 6.07 Å². The maximum absolute atomic E-state index is 13.9. The van der Waals surface area contributed by atoms with Crippen LogP contribution in [0.25, 0.3) is 0 Å². The van der Waals surface area contributed by atoms with E-state index < -0.39 is 0 Å². The largest absolute Gasteiger partial charge is 0.323 e. The van der Waals surface area contributed by atoms with Crippen molar-refractivity contribution in [2.75, 3.05) is 5.32 Å². The second-order valence-electron chi connectivity index (χ2n) is 5.66. The van der Waals surface area contributed by atoms with Crippen LogP contribution in [-0.2, 0) is 0 Å². The number of imidazole rings is 1. The summed E-state index contributed by atoms with van der Waals surface area (Å²) in [5.74, 6) is 0.508. The number of nitrogens with one attached hydrogen (secondary N) is 1. The van der Waals surface area contributed by atoms with Crippen molar-refractivity contribution in [3.8, 4) is 0 Å². The molecule has 0 amide bonds. The van der Waals surface area contributed by atoms with Crippen LogP contribution in [0.2, 0.25) is 0 Å². The Kier molecular flexibility index (Phi) is 3.47. The summed E-state index contributed by atoms with van der Waals surface area (Å²) in [7, 11) is 0. The van der Waals surface area contributed by atoms with Crippen molar-refractivity contribution < 1.29 is 4.39 Å². The number of anilines is 2. The predicted molar refractivity (Wildman–Crippen MR) is 78.9 cm³/mol. The lowest BCUT2D eigenvalue weighted by atomic mass is 10.2. The van der Waals surface area contributed by atoms with Crippen LogP contribution in [0.1, 0.15) is 43.0 Å². The van der Waals surface area contributed by atoms with Crippen LogP contribution in [0.4, 0.5) is 16.0 Å². The molecular formula is C16H20FN3. The Hall–Kier alpha value is -1.84. The fourth-order valence-corrected chi connectivity index (χ4v) is 2.92. The van der Waals surface area contributed by atoms with Gasteiger partial charge in [0.05, 0.1) is 11.4 Å². The molecule has 1 saturated carbocycles. The normalized spacial score (nSPS) is 15.8. The zero-order chi connectivity index (χ0) is 14.1. The van der Waals surface area contributed by atoms with Crippen LogP contribution in [0.5, 0.6) is 0 Å². The third-order valence-corrected chi connectivity index (χ3v) is 3.94. The van der Waals surface area contributed by atoms with E-state index in [0.717, 1.165) is 17.2 Å². The van der Waals surface area contributed by atoms with Gasteiger partial charge in [0.1, 0.15) is 5.82 Å². The highest BCUT2D eigenvalue weighted by Crippen LogP contribution is 2.33. The third kappa shape index (κ3) is 2.55. The van der Waals surface area contributed by atoms with Gasteiger partial charge in [-0.05, 0) is 44.4 Å². The SMILES string of the molecule is Cc1ccc(F)c(Nc2nc(C)cn2C2CCCC2)c1. The van der Waals surface area contributed by atoms with Crippen LogP contribution in [0.15, 0.2) is 24.4 Å². The lowest BCUT2D eigenvalue weighted by molar-refractivity contribution is 0.524. The Morgan fingerprint density at radius 2 is 2.00 bits per heavy atom. The van der Waals surface area contributed by atoms with Crippen molar-refractivity contribution in [2.24, 2.45) is 0 Å². The minimum absolute atomic E-state index is 0.241. The summed E-state index contributed by atoms with van der Waals surface area (Å²) in [5, 5.41) is 3.16. The molecule has 1 aliphatic carbocycles. The number of nitrogens with zero attached hydrogens (tertiary/aromatic N) is 2. The summed E-state index contributed by atoms with van der Waals surface area (Å²) in [6.45, 7) is 3.93. The van der Waals surface area contributed by atoms with Gasteiger partial charge in [0.15, 0.2) is 0 Å². The molecule has 1 aromatic carbocycles. The molecule has 20 heavy (non-hydrogen) atoms. The molecule has 1 aromatic heterocycles. The Morgan fingerprint density at radius 1 is 1.25 bits per heavy atom. The molecular weight excluding hydrogens is 253 g/mol. The number of aromatic nitrogens is 2.